The predicted molar refractivity (Wildman–Crippen MR) is 146 cm³/mol. The van der Waals surface area contributed by atoms with E-state index >= 15 is 0 Å². The van der Waals surface area contributed by atoms with Crippen molar-refractivity contribution >= 4 is 39.8 Å². The van der Waals surface area contributed by atoms with Crippen molar-refractivity contribution in [3.8, 4) is 16.5 Å². The molecule has 5 aromatic rings. The van der Waals surface area contributed by atoms with Crippen LogP contribution in [-0.2, 0) is 6.54 Å². The molecular formula is C28H22FN7OS. The summed E-state index contributed by atoms with van der Waals surface area (Å²) in [4.78, 5) is 27.8. The maximum atomic E-state index is 13.3. The second-order valence-corrected chi connectivity index (χ2v) is 9.76. The molecule has 0 aliphatic rings. The molecule has 0 fully saturated rings. The van der Waals surface area contributed by atoms with Crippen molar-refractivity contribution in [2.75, 3.05) is 11.1 Å². The van der Waals surface area contributed by atoms with Crippen LogP contribution in [0.15, 0.2) is 73.2 Å². The van der Waals surface area contributed by atoms with Crippen molar-refractivity contribution in [1.82, 2.24) is 20.3 Å². The zero-order chi connectivity index (χ0) is 26.6. The molecular weight excluding hydrogens is 501 g/mol. The van der Waals surface area contributed by atoms with E-state index < -0.39 is 5.91 Å². The zero-order valence-electron chi connectivity index (χ0n) is 20.3. The van der Waals surface area contributed by atoms with Gasteiger partial charge in [0.25, 0.3) is 5.91 Å². The lowest BCUT2D eigenvalue weighted by Gasteiger charge is -2.16. The van der Waals surface area contributed by atoms with E-state index in [1.807, 2.05) is 36.4 Å². The maximum absolute atomic E-state index is 13.3. The number of pyridine rings is 1. The van der Waals surface area contributed by atoms with Crippen LogP contribution in [0.5, 0.6) is 0 Å². The molecule has 1 amide bonds. The average molecular weight is 524 g/mol. The summed E-state index contributed by atoms with van der Waals surface area (Å²) in [6, 6.07) is 19.0. The summed E-state index contributed by atoms with van der Waals surface area (Å²) in [6.07, 6.45) is 2.87. The molecule has 0 aliphatic carbocycles. The number of halogens is 1. The number of nitrogens with zero attached hydrogens (tertiary/aromatic N) is 4. The lowest BCUT2D eigenvalue weighted by molar-refractivity contribution is 0.0940. The van der Waals surface area contributed by atoms with E-state index in [9.17, 15) is 14.4 Å². The van der Waals surface area contributed by atoms with Gasteiger partial charge in [-0.15, -0.1) is 11.3 Å². The Morgan fingerprint density at radius 1 is 1.11 bits per heavy atom. The number of fused-ring (bicyclic) bond motifs is 1. The minimum absolute atomic E-state index is 0.250. The summed E-state index contributed by atoms with van der Waals surface area (Å²) in [7, 11) is 0. The van der Waals surface area contributed by atoms with Crippen molar-refractivity contribution in [1.29, 1.82) is 5.26 Å². The minimum Gasteiger partial charge on any atom is -0.383 e. The largest absolute Gasteiger partial charge is 0.383 e. The van der Waals surface area contributed by atoms with Crippen molar-refractivity contribution in [3.05, 3.63) is 101 Å². The van der Waals surface area contributed by atoms with Crippen LogP contribution in [0.3, 0.4) is 0 Å². The van der Waals surface area contributed by atoms with Crippen LogP contribution in [0.2, 0.25) is 0 Å². The number of amides is 1. The highest BCUT2D eigenvalue weighted by Crippen LogP contribution is 2.31. The topological polar surface area (TPSA) is 130 Å². The van der Waals surface area contributed by atoms with Gasteiger partial charge in [-0.3, -0.25) is 4.79 Å². The third kappa shape index (κ3) is 5.28. The van der Waals surface area contributed by atoms with Gasteiger partial charge in [0.1, 0.15) is 29.8 Å². The molecule has 0 saturated carbocycles. The molecule has 0 aliphatic heterocycles. The number of hydrogen-bond donors (Lipinski definition) is 3. The average Bonchev–Trinajstić information content (AvgIpc) is 3.41. The van der Waals surface area contributed by atoms with Gasteiger partial charge in [-0.2, -0.15) is 5.26 Å². The number of anilines is 2. The molecule has 0 saturated heterocycles. The Hall–Kier alpha value is -4.88. The molecule has 0 unspecified atom stereocenters. The van der Waals surface area contributed by atoms with Crippen LogP contribution in [0, 0.1) is 17.1 Å². The Morgan fingerprint density at radius 3 is 2.71 bits per heavy atom. The number of hydrogen-bond acceptors (Lipinski definition) is 8. The van der Waals surface area contributed by atoms with E-state index in [0.717, 1.165) is 31.8 Å². The van der Waals surface area contributed by atoms with Crippen molar-refractivity contribution in [2.24, 2.45) is 0 Å². The number of thiophene rings is 1. The molecule has 3 aromatic heterocycles. The fraction of sp³-hybridized carbons (Fsp3) is 0.107. The third-order valence-corrected chi connectivity index (χ3v) is 7.16. The number of carbonyl (C=O) groups is 1. The minimum atomic E-state index is -0.392. The standard InChI is InChI=1S/C28H22FN7OS/c1-16(18-2-5-20(29)6-3-18)36-28(37)23-10-17(12-30)13-32-27(23)33-14-21-7-9-25(38-21)19-4-8-24-22(11-19)26(31)35-15-34-24/h2-11,13,15-16H,14H2,1H3,(H,32,33)(H,36,37)(H2,31,34,35)/t16-/m0/s1. The zero-order valence-corrected chi connectivity index (χ0v) is 21.1. The van der Waals surface area contributed by atoms with Crippen LogP contribution >= 0.6 is 11.3 Å². The Kier molecular flexibility index (Phi) is 6.93. The van der Waals surface area contributed by atoms with Crippen LogP contribution in [-0.4, -0.2) is 20.9 Å². The van der Waals surface area contributed by atoms with Gasteiger partial charge in [0.05, 0.1) is 29.2 Å². The molecule has 3 heterocycles. The number of aromatic nitrogens is 3. The first-order chi connectivity index (χ1) is 18.4. The number of carbonyl (C=O) groups excluding carboxylic acids is 1. The summed E-state index contributed by atoms with van der Waals surface area (Å²) in [5, 5.41) is 16.3. The molecule has 0 spiro atoms. The van der Waals surface area contributed by atoms with Gasteiger partial charge in [0, 0.05) is 21.3 Å². The first-order valence-corrected chi connectivity index (χ1v) is 12.5. The highest BCUT2D eigenvalue weighted by atomic mass is 32.1. The van der Waals surface area contributed by atoms with E-state index in [1.165, 1.54) is 30.7 Å². The maximum Gasteiger partial charge on any atom is 0.255 e. The summed E-state index contributed by atoms with van der Waals surface area (Å²) in [5.41, 5.74) is 9.08. The van der Waals surface area contributed by atoms with Crippen LogP contribution in [0.1, 0.15) is 39.3 Å². The van der Waals surface area contributed by atoms with Gasteiger partial charge in [-0.05, 0) is 60.5 Å². The smallest absolute Gasteiger partial charge is 0.255 e. The van der Waals surface area contributed by atoms with Crippen molar-refractivity contribution in [2.45, 2.75) is 19.5 Å². The number of nitrogen functional groups attached to an aromatic ring is 1. The molecule has 38 heavy (non-hydrogen) atoms. The summed E-state index contributed by atoms with van der Waals surface area (Å²) in [6.45, 7) is 2.23. The number of rotatable bonds is 7. The highest BCUT2D eigenvalue weighted by molar-refractivity contribution is 7.15. The van der Waals surface area contributed by atoms with Gasteiger partial charge >= 0.3 is 0 Å². The summed E-state index contributed by atoms with van der Waals surface area (Å²) >= 11 is 1.60. The molecule has 2 aromatic carbocycles. The fourth-order valence-electron chi connectivity index (χ4n) is 3.98. The molecule has 188 valence electrons. The van der Waals surface area contributed by atoms with Gasteiger partial charge in [0.2, 0.25) is 0 Å². The Labute approximate surface area is 222 Å². The second-order valence-electron chi connectivity index (χ2n) is 8.59. The molecule has 0 bridgehead atoms. The van der Waals surface area contributed by atoms with E-state index in [0.29, 0.717) is 18.2 Å². The van der Waals surface area contributed by atoms with Gasteiger partial charge in [-0.1, -0.05) is 18.2 Å². The lowest BCUT2D eigenvalue weighted by atomic mass is 10.1. The van der Waals surface area contributed by atoms with E-state index in [-0.39, 0.29) is 23.0 Å². The molecule has 0 radical (unpaired) electrons. The first kappa shape index (κ1) is 24.8. The SMILES string of the molecule is C[C@H](NC(=O)c1cc(C#N)cnc1NCc1ccc(-c2ccc3ncnc(N)c3c2)s1)c1ccc(F)cc1. The summed E-state index contributed by atoms with van der Waals surface area (Å²) in [5.74, 6) is 0.0528. The number of nitrogens with two attached hydrogens (primary N) is 1. The quantitative estimate of drug-likeness (QED) is 0.259. The number of nitriles is 1. The predicted octanol–water partition coefficient (Wildman–Crippen LogP) is 5.45. The first-order valence-electron chi connectivity index (χ1n) is 11.7. The van der Waals surface area contributed by atoms with Crippen LogP contribution in [0.4, 0.5) is 16.0 Å². The molecule has 10 heteroatoms. The third-order valence-electron chi connectivity index (χ3n) is 6.02. The molecule has 8 nitrogen and oxygen atoms in total. The lowest BCUT2D eigenvalue weighted by Crippen LogP contribution is -2.27. The van der Waals surface area contributed by atoms with Crippen molar-refractivity contribution < 1.29 is 9.18 Å². The van der Waals surface area contributed by atoms with Crippen LogP contribution in [0.25, 0.3) is 21.3 Å². The Balaban J connectivity index is 1.33. The van der Waals surface area contributed by atoms with E-state index in [2.05, 4.69) is 25.6 Å². The molecule has 1 atom stereocenters. The number of benzene rings is 2. The summed E-state index contributed by atoms with van der Waals surface area (Å²) < 4.78 is 13.3. The van der Waals surface area contributed by atoms with Crippen LogP contribution < -0.4 is 16.4 Å². The normalized spacial score (nSPS) is 11.6. The fourth-order valence-corrected chi connectivity index (χ4v) is 4.92. The van der Waals surface area contributed by atoms with E-state index in [4.69, 9.17) is 5.73 Å². The van der Waals surface area contributed by atoms with Gasteiger partial charge < -0.3 is 16.4 Å². The van der Waals surface area contributed by atoms with E-state index in [1.54, 1.807) is 30.4 Å². The molecule has 5 rings (SSSR count). The Bertz CT molecular complexity index is 1680. The highest BCUT2D eigenvalue weighted by Gasteiger charge is 2.18. The Morgan fingerprint density at radius 2 is 1.92 bits per heavy atom. The monoisotopic (exact) mass is 523 g/mol. The number of nitrogens with one attached hydrogen (secondary N) is 2. The molecule has 4 N–H and O–H groups in total. The van der Waals surface area contributed by atoms with Crippen molar-refractivity contribution in [3.63, 3.8) is 0 Å². The van der Waals surface area contributed by atoms with Gasteiger partial charge in [0.15, 0.2) is 0 Å². The van der Waals surface area contributed by atoms with Gasteiger partial charge in [-0.25, -0.2) is 19.3 Å². The second kappa shape index (κ2) is 10.6.